The molecule has 0 fully saturated rings. The molecule has 0 aliphatic rings. The van der Waals surface area contributed by atoms with Gasteiger partial charge in [0.25, 0.3) is 5.91 Å². The molecular formula is C29H27FN4O2S. The zero-order valence-corrected chi connectivity index (χ0v) is 21.1. The minimum Gasteiger partial charge on any atom is -0.497 e. The fourth-order valence-corrected chi connectivity index (χ4v) is 3.94. The van der Waals surface area contributed by atoms with E-state index in [1.165, 1.54) is 0 Å². The number of hydrogen-bond donors (Lipinski definition) is 4. The van der Waals surface area contributed by atoms with Gasteiger partial charge < -0.3 is 26.0 Å². The van der Waals surface area contributed by atoms with Crippen LogP contribution in [0.2, 0.25) is 0 Å². The molecule has 0 aliphatic carbocycles. The van der Waals surface area contributed by atoms with E-state index < -0.39 is 12.6 Å². The summed E-state index contributed by atoms with van der Waals surface area (Å²) >= 11 is 5.50. The molecule has 37 heavy (non-hydrogen) atoms. The molecule has 0 unspecified atom stereocenters. The summed E-state index contributed by atoms with van der Waals surface area (Å²) in [6.45, 7) is -0.372. The highest BCUT2D eigenvalue weighted by molar-refractivity contribution is 7.80. The summed E-state index contributed by atoms with van der Waals surface area (Å²) in [7, 11) is 1.65. The molecule has 0 aliphatic heterocycles. The third kappa shape index (κ3) is 7.28. The maximum absolute atomic E-state index is 12.7. The molecule has 1 amide bonds. The Morgan fingerprint density at radius 1 is 0.811 bits per heavy atom. The fraction of sp³-hybridized carbons (Fsp3) is 0.103. The number of halogens is 1. The quantitative estimate of drug-likeness (QED) is 0.187. The molecule has 0 heterocycles. The van der Waals surface area contributed by atoms with Gasteiger partial charge in [-0.15, -0.1) is 0 Å². The lowest BCUT2D eigenvalue weighted by atomic mass is 10.0. The van der Waals surface area contributed by atoms with E-state index in [1.54, 1.807) is 19.2 Å². The van der Waals surface area contributed by atoms with Crippen molar-refractivity contribution in [3.05, 3.63) is 103 Å². The summed E-state index contributed by atoms with van der Waals surface area (Å²) in [6.07, 6.45) is 0. The average Bonchev–Trinajstić information content (AvgIpc) is 2.93. The number of methoxy groups -OCH3 is 1. The van der Waals surface area contributed by atoms with Crippen molar-refractivity contribution in [1.29, 1.82) is 0 Å². The monoisotopic (exact) mass is 514 g/mol. The molecule has 4 N–H and O–H groups in total. The zero-order valence-electron chi connectivity index (χ0n) is 20.3. The second-order valence-corrected chi connectivity index (χ2v) is 8.57. The molecule has 0 bridgehead atoms. The van der Waals surface area contributed by atoms with Crippen LogP contribution in [0.15, 0.2) is 97.1 Å². The molecular weight excluding hydrogens is 487 g/mol. The van der Waals surface area contributed by atoms with E-state index in [0.29, 0.717) is 17.3 Å². The number of anilines is 4. The largest absolute Gasteiger partial charge is 0.497 e. The molecule has 4 aromatic rings. The van der Waals surface area contributed by atoms with Crippen molar-refractivity contribution in [3.63, 3.8) is 0 Å². The third-order valence-corrected chi connectivity index (χ3v) is 5.76. The Morgan fingerprint density at radius 2 is 1.51 bits per heavy atom. The third-order valence-electron chi connectivity index (χ3n) is 5.55. The van der Waals surface area contributed by atoms with Crippen LogP contribution in [0, 0.1) is 0 Å². The topological polar surface area (TPSA) is 74.4 Å². The van der Waals surface area contributed by atoms with E-state index >= 15 is 0 Å². The maximum atomic E-state index is 12.7. The van der Waals surface area contributed by atoms with Gasteiger partial charge in [0, 0.05) is 34.9 Å². The molecule has 0 saturated carbocycles. The minimum atomic E-state index is -1.07. The summed E-state index contributed by atoms with van der Waals surface area (Å²) in [6, 6.07) is 30.7. The van der Waals surface area contributed by atoms with E-state index in [1.807, 2.05) is 84.9 Å². The molecule has 4 rings (SSSR count). The van der Waals surface area contributed by atoms with Crippen LogP contribution in [0.5, 0.6) is 5.75 Å². The van der Waals surface area contributed by atoms with Gasteiger partial charge in [0.05, 0.1) is 7.11 Å². The number of carbonyl (C=O) groups is 1. The summed E-state index contributed by atoms with van der Waals surface area (Å²) in [4.78, 5) is 11.6. The molecule has 188 valence electrons. The Morgan fingerprint density at radius 3 is 2.24 bits per heavy atom. The number of amides is 1. The normalized spacial score (nSPS) is 10.3. The van der Waals surface area contributed by atoms with Crippen molar-refractivity contribution < 1.29 is 13.9 Å². The Balaban J connectivity index is 1.35. The molecule has 0 atom stereocenters. The smallest absolute Gasteiger partial charge is 0.255 e. The number of nitrogens with one attached hydrogen (secondary N) is 4. The first kappa shape index (κ1) is 25.7. The van der Waals surface area contributed by atoms with Crippen LogP contribution in [-0.2, 0) is 11.3 Å². The van der Waals surface area contributed by atoms with Crippen LogP contribution in [0.1, 0.15) is 5.56 Å². The highest BCUT2D eigenvalue weighted by atomic mass is 32.1. The molecule has 0 spiro atoms. The molecule has 0 saturated heterocycles. The number of hydrogen-bond acceptors (Lipinski definition) is 4. The lowest BCUT2D eigenvalue weighted by Crippen LogP contribution is -2.19. The Kier molecular flexibility index (Phi) is 8.67. The van der Waals surface area contributed by atoms with Crippen molar-refractivity contribution in [1.82, 2.24) is 0 Å². The number of alkyl halides is 1. The summed E-state index contributed by atoms with van der Waals surface area (Å²) < 4.78 is 17.9. The number of carbonyl (C=O) groups excluding carboxylic acids is 1. The SMILES string of the molecule is COc1ccc(CNc2ccc(NC(=S)Nc3cccc(-c4ccccc4NC(=O)CF)c3)cc2)cc1. The lowest BCUT2D eigenvalue weighted by molar-refractivity contribution is -0.117. The van der Waals surface area contributed by atoms with Gasteiger partial charge >= 0.3 is 0 Å². The first-order valence-corrected chi connectivity index (χ1v) is 12.0. The Hall–Kier alpha value is -4.43. The first-order valence-electron chi connectivity index (χ1n) is 11.6. The number of thiocarbonyl (C=S) groups is 1. The predicted molar refractivity (Wildman–Crippen MR) is 153 cm³/mol. The molecule has 0 radical (unpaired) electrons. The summed E-state index contributed by atoms with van der Waals surface area (Å²) in [5.74, 6) is 0.149. The molecule has 4 aromatic carbocycles. The van der Waals surface area contributed by atoms with E-state index in [0.717, 1.165) is 39.5 Å². The van der Waals surface area contributed by atoms with Crippen LogP contribution in [0.25, 0.3) is 11.1 Å². The van der Waals surface area contributed by atoms with Gasteiger partial charge in [-0.05, 0) is 77.9 Å². The van der Waals surface area contributed by atoms with Gasteiger partial charge in [-0.2, -0.15) is 0 Å². The molecule has 8 heteroatoms. The van der Waals surface area contributed by atoms with E-state index in [2.05, 4.69) is 21.3 Å². The van der Waals surface area contributed by atoms with Crippen molar-refractivity contribution >= 4 is 46.0 Å². The number of ether oxygens (including phenoxy) is 1. The minimum absolute atomic E-state index is 0.440. The number of rotatable bonds is 9. The van der Waals surface area contributed by atoms with Gasteiger partial charge in [-0.25, -0.2) is 4.39 Å². The van der Waals surface area contributed by atoms with Crippen molar-refractivity contribution in [2.45, 2.75) is 6.54 Å². The highest BCUT2D eigenvalue weighted by Crippen LogP contribution is 2.30. The van der Waals surface area contributed by atoms with Crippen LogP contribution in [0.4, 0.5) is 27.1 Å². The van der Waals surface area contributed by atoms with Crippen LogP contribution in [0.3, 0.4) is 0 Å². The van der Waals surface area contributed by atoms with Gasteiger partial charge in [-0.1, -0.05) is 42.5 Å². The number of benzene rings is 4. The van der Waals surface area contributed by atoms with Gasteiger partial charge in [-0.3, -0.25) is 4.79 Å². The van der Waals surface area contributed by atoms with Gasteiger partial charge in [0.2, 0.25) is 0 Å². The first-order chi connectivity index (χ1) is 18.0. The van der Waals surface area contributed by atoms with Crippen LogP contribution in [-0.4, -0.2) is 24.8 Å². The van der Waals surface area contributed by atoms with Crippen molar-refractivity contribution in [3.8, 4) is 16.9 Å². The van der Waals surface area contributed by atoms with E-state index in [-0.39, 0.29) is 0 Å². The zero-order chi connectivity index (χ0) is 26.0. The highest BCUT2D eigenvalue weighted by Gasteiger charge is 2.09. The molecule has 6 nitrogen and oxygen atoms in total. The molecule has 0 aromatic heterocycles. The Bertz CT molecular complexity index is 1360. The van der Waals surface area contributed by atoms with Gasteiger partial charge in [0.1, 0.15) is 5.75 Å². The van der Waals surface area contributed by atoms with E-state index in [9.17, 15) is 9.18 Å². The fourth-order valence-electron chi connectivity index (χ4n) is 3.70. The van der Waals surface area contributed by atoms with Crippen LogP contribution < -0.4 is 26.0 Å². The van der Waals surface area contributed by atoms with E-state index in [4.69, 9.17) is 17.0 Å². The second-order valence-electron chi connectivity index (χ2n) is 8.17. The Labute approximate surface area is 220 Å². The predicted octanol–water partition coefficient (Wildman–Crippen LogP) is 6.69. The number of para-hydroxylation sites is 1. The maximum Gasteiger partial charge on any atom is 0.255 e. The summed E-state index contributed by atoms with van der Waals surface area (Å²) in [5.41, 5.74) is 5.96. The van der Waals surface area contributed by atoms with Gasteiger partial charge in [0.15, 0.2) is 11.8 Å². The lowest BCUT2D eigenvalue weighted by Gasteiger charge is -2.14. The van der Waals surface area contributed by atoms with Crippen molar-refractivity contribution in [2.75, 3.05) is 35.1 Å². The van der Waals surface area contributed by atoms with Crippen LogP contribution >= 0.6 is 12.2 Å². The standard InChI is InChI=1S/C29H27FN4O2S/c1-36-25-15-9-20(10-16-25)19-31-22-11-13-23(14-12-22)32-29(37)33-24-6-4-5-21(17-24)26-7-2-3-8-27(26)34-28(35)18-30/h2-17,31H,18-19H2,1H3,(H,34,35)(H2,32,33,37). The van der Waals surface area contributed by atoms with Crippen molar-refractivity contribution in [2.24, 2.45) is 0 Å². The summed E-state index contributed by atoms with van der Waals surface area (Å²) in [5, 5.41) is 12.8. The second kappa shape index (κ2) is 12.5. The average molecular weight is 515 g/mol.